The summed E-state index contributed by atoms with van der Waals surface area (Å²) in [6.45, 7) is 7.56. The zero-order chi connectivity index (χ0) is 16.8. The Bertz CT molecular complexity index is 688. The molecule has 0 bridgehead atoms. The van der Waals surface area contributed by atoms with Crippen molar-refractivity contribution in [2.45, 2.75) is 6.92 Å². The van der Waals surface area contributed by atoms with E-state index >= 15 is 0 Å². The molecule has 24 heavy (non-hydrogen) atoms. The second-order valence-electron chi connectivity index (χ2n) is 6.22. The van der Waals surface area contributed by atoms with Crippen molar-refractivity contribution < 1.29 is 4.74 Å². The van der Waals surface area contributed by atoms with E-state index in [-0.39, 0.29) is 0 Å². The van der Waals surface area contributed by atoms with Crippen molar-refractivity contribution in [3.8, 4) is 5.75 Å². The summed E-state index contributed by atoms with van der Waals surface area (Å²) in [5.74, 6) is 0.929. The predicted octanol–water partition coefficient (Wildman–Crippen LogP) is 3.84. The van der Waals surface area contributed by atoms with Crippen LogP contribution >= 0.6 is 0 Å². The van der Waals surface area contributed by atoms with Crippen molar-refractivity contribution in [3.05, 3.63) is 65.7 Å². The molecule has 0 aliphatic carbocycles. The van der Waals surface area contributed by atoms with Gasteiger partial charge in [-0.25, -0.2) is 0 Å². The molecule has 3 heteroatoms. The van der Waals surface area contributed by atoms with E-state index in [1.54, 1.807) is 7.11 Å². The topological polar surface area (TPSA) is 15.7 Å². The molecule has 2 aromatic carbocycles. The SMILES string of the molecule is COc1ccccc1/C=C\CN1CCN(c2ccccc2C)CC1. The Morgan fingerprint density at radius 2 is 1.67 bits per heavy atom. The third kappa shape index (κ3) is 3.98. The number of para-hydroxylation sites is 2. The van der Waals surface area contributed by atoms with Gasteiger partial charge in [-0.15, -0.1) is 0 Å². The standard InChI is InChI=1S/C21H26N2O/c1-18-8-3-5-11-20(18)23-16-14-22(15-17-23)13-7-10-19-9-4-6-12-21(19)24-2/h3-12H,13-17H2,1-2H3/b10-7-. The minimum Gasteiger partial charge on any atom is -0.496 e. The maximum Gasteiger partial charge on any atom is 0.126 e. The van der Waals surface area contributed by atoms with Crippen LogP contribution in [-0.2, 0) is 0 Å². The second kappa shape index (κ2) is 8.02. The van der Waals surface area contributed by atoms with Crippen molar-refractivity contribution in [3.63, 3.8) is 0 Å². The van der Waals surface area contributed by atoms with Crippen molar-refractivity contribution in [2.75, 3.05) is 44.7 Å². The molecule has 0 atom stereocenters. The number of methoxy groups -OCH3 is 1. The molecule has 0 spiro atoms. The Morgan fingerprint density at radius 3 is 2.42 bits per heavy atom. The molecule has 0 amide bonds. The molecule has 1 aliphatic rings. The highest BCUT2D eigenvalue weighted by molar-refractivity contribution is 5.57. The van der Waals surface area contributed by atoms with Crippen molar-refractivity contribution in [2.24, 2.45) is 0 Å². The molecule has 3 nitrogen and oxygen atoms in total. The monoisotopic (exact) mass is 322 g/mol. The molecule has 1 fully saturated rings. The second-order valence-corrected chi connectivity index (χ2v) is 6.22. The summed E-state index contributed by atoms with van der Waals surface area (Å²) in [5, 5.41) is 0. The lowest BCUT2D eigenvalue weighted by Crippen LogP contribution is -2.46. The maximum atomic E-state index is 5.39. The lowest BCUT2D eigenvalue weighted by atomic mass is 10.1. The van der Waals surface area contributed by atoms with E-state index in [1.807, 2.05) is 18.2 Å². The molecule has 0 saturated carbocycles. The van der Waals surface area contributed by atoms with Crippen LogP contribution in [0.5, 0.6) is 5.75 Å². The van der Waals surface area contributed by atoms with Crippen LogP contribution in [0.1, 0.15) is 11.1 Å². The van der Waals surface area contributed by atoms with Crippen molar-refractivity contribution in [1.82, 2.24) is 4.90 Å². The number of benzene rings is 2. The Labute approximate surface area is 145 Å². The van der Waals surface area contributed by atoms with E-state index in [0.29, 0.717) is 0 Å². The smallest absolute Gasteiger partial charge is 0.126 e. The molecule has 0 radical (unpaired) electrons. The van der Waals surface area contributed by atoms with Crippen LogP contribution in [0.4, 0.5) is 5.69 Å². The molecule has 0 aromatic heterocycles. The zero-order valence-corrected chi connectivity index (χ0v) is 14.6. The fourth-order valence-electron chi connectivity index (χ4n) is 3.22. The van der Waals surface area contributed by atoms with Crippen LogP contribution in [0.3, 0.4) is 0 Å². The first-order chi connectivity index (χ1) is 11.8. The number of hydrogen-bond acceptors (Lipinski definition) is 3. The number of nitrogens with zero attached hydrogens (tertiary/aromatic N) is 2. The summed E-state index contributed by atoms with van der Waals surface area (Å²) < 4.78 is 5.39. The van der Waals surface area contributed by atoms with Crippen LogP contribution in [0.25, 0.3) is 6.08 Å². The van der Waals surface area contributed by atoms with Gasteiger partial charge < -0.3 is 9.64 Å². The van der Waals surface area contributed by atoms with Crippen molar-refractivity contribution in [1.29, 1.82) is 0 Å². The van der Waals surface area contributed by atoms with Crippen LogP contribution < -0.4 is 9.64 Å². The number of piperazine rings is 1. The normalized spacial score (nSPS) is 15.8. The Kier molecular flexibility index (Phi) is 5.55. The highest BCUT2D eigenvalue weighted by Crippen LogP contribution is 2.21. The molecule has 3 rings (SSSR count). The lowest BCUT2D eigenvalue weighted by molar-refractivity contribution is 0.284. The van der Waals surface area contributed by atoms with E-state index in [1.165, 1.54) is 11.3 Å². The summed E-state index contributed by atoms with van der Waals surface area (Å²) in [7, 11) is 1.72. The summed E-state index contributed by atoms with van der Waals surface area (Å²) >= 11 is 0. The van der Waals surface area contributed by atoms with Gasteiger partial charge >= 0.3 is 0 Å². The van der Waals surface area contributed by atoms with Crippen LogP contribution in [-0.4, -0.2) is 44.7 Å². The largest absolute Gasteiger partial charge is 0.496 e. The number of hydrogen-bond donors (Lipinski definition) is 0. The molecule has 1 heterocycles. The Morgan fingerprint density at radius 1 is 0.958 bits per heavy atom. The third-order valence-corrected chi connectivity index (χ3v) is 4.63. The summed E-state index contributed by atoms with van der Waals surface area (Å²) in [4.78, 5) is 5.00. The molecule has 126 valence electrons. The minimum absolute atomic E-state index is 0.929. The van der Waals surface area contributed by atoms with E-state index in [0.717, 1.165) is 44.0 Å². The van der Waals surface area contributed by atoms with Gasteiger partial charge in [0.05, 0.1) is 7.11 Å². The predicted molar refractivity (Wildman–Crippen MR) is 102 cm³/mol. The summed E-state index contributed by atoms with van der Waals surface area (Å²) in [6, 6.07) is 16.8. The maximum absolute atomic E-state index is 5.39. The number of rotatable bonds is 5. The van der Waals surface area contributed by atoms with Gasteiger partial charge in [-0.05, 0) is 24.6 Å². The molecule has 2 aromatic rings. The minimum atomic E-state index is 0.929. The van der Waals surface area contributed by atoms with Gasteiger partial charge in [-0.3, -0.25) is 4.90 Å². The zero-order valence-electron chi connectivity index (χ0n) is 14.6. The number of aryl methyl sites for hydroxylation is 1. The number of anilines is 1. The van der Waals surface area contributed by atoms with Gasteiger partial charge in [0.15, 0.2) is 0 Å². The summed E-state index contributed by atoms with van der Waals surface area (Å²) in [5.41, 5.74) is 3.88. The highest BCUT2D eigenvalue weighted by atomic mass is 16.5. The van der Waals surface area contributed by atoms with E-state index in [4.69, 9.17) is 4.74 Å². The fraction of sp³-hybridized carbons (Fsp3) is 0.333. The lowest BCUT2D eigenvalue weighted by Gasteiger charge is -2.36. The van der Waals surface area contributed by atoms with E-state index in [2.05, 4.69) is 59.2 Å². The van der Waals surface area contributed by atoms with Crippen molar-refractivity contribution >= 4 is 11.8 Å². The van der Waals surface area contributed by atoms with Gasteiger partial charge in [-0.1, -0.05) is 48.6 Å². The molecule has 0 N–H and O–H groups in total. The van der Waals surface area contributed by atoms with E-state index < -0.39 is 0 Å². The van der Waals surface area contributed by atoms with Gasteiger partial charge in [0.25, 0.3) is 0 Å². The van der Waals surface area contributed by atoms with Gasteiger partial charge in [0.2, 0.25) is 0 Å². The first-order valence-corrected chi connectivity index (χ1v) is 8.60. The molecule has 1 saturated heterocycles. The number of ether oxygens (including phenoxy) is 1. The first-order valence-electron chi connectivity index (χ1n) is 8.60. The third-order valence-electron chi connectivity index (χ3n) is 4.63. The van der Waals surface area contributed by atoms with Gasteiger partial charge in [-0.2, -0.15) is 0 Å². The fourth-order valence-corrected chi connectivity index (χ4v) is 3.22. The average Bonchev–Trinajstić information content (AvgIpc) is 2.63. The Balaban J connectivity index is 1.52. The van der Waals surface area contributed by atoms with Crippen LogP contribution in [0, 0.1) is 6.92 Å². The average molecular weight is 322 g/mol. The van der Waals surface area contributed by atoms with E-state index in [9.17, 15) is 0 Å². The molecular weight excluding hydrogens is 296 g/mol. The molecule has 0 unspecified atom stereocenters. The molecule has 1 aliphatic heterocycles. The summed E-state index contributed by atoms with van der Waals surface area (Å²) in [6.07, 6.45) is 4.40. The van der Waals surface area contributed by atoms with Gasteiger partial charge in [0.1, 0.15) is 5.75 Å². The quantitative estimate of drug-likeness (QED) is 0.832. The highest BCUT2D eigenvalue weighted by Gasteiger charge is 2.17. The molecular formula is C21H26N2O. The Hall–Kier alpha value is -2.26. The van der Waals surface area contributed by atoms with Gasteiger partial charge in [0, 0.05) is 44.0 Å². The first kappa shape index (κ1) is 16.6. The van der Waals surface area contributed by atoms with Crippen LogP contribution in [0.15, 0.2) is 54.6 Å². The van der Waals surface area contributed by atoms with Crippen LogP contribution in [0.2, 0.25) is 0 Å².